The van der Waals surface area contributed by atoms with Crippen LogP contribution in [-0.4, -0.2) is 17.7 Å². The van der Waals surface area contributed by atoms with Gasteiger partial charge in [0, 0.05) is 16.7 Å². The molecule has 0 aliphatic carbocycles. The summed E-state index contributed by atoms with van der Waals surface area (Å²) in [5.41, 5.74) is 3.37. The monoisotopic (exact) mass is 296 g/mol. The van der Waals surface area contributed by atoms with Crippen LogP contribution in [0.15, 0.2) is 12.1 Å². The summed E-state index contributed by atoms with van der Waals surface area (Å²) < 4.78 is 5.67. The Bertz CT molecular complexity index is 533. The van der Waals surface area contributed by atoms with Gasteiger partial charge in [0.2, 0.25) is 0 Å². The molecule has 1 rings (SSSR count). The normalized spacial score (nSPS) is 11.6. The predicted molar refractivity (Wildman–Crippen MR) is 82.6 cm³/mol. The molecule has 0 saturated heterocycles. The minimum Gasteiger partial charge on any atom is -0.493 e. The maximum absolute atomic E-state index is 11.0. The summed E-state index contributed by atoms with van der Waals surface area (Å²) in [6.07, 6.45) is 2.78. The number of carboxylic acid groups (broad SMARTS) is 1. The topological polar surface area (TPSA) is 46.5 Å². The molecule has 110 valence electrons. The van der Waals surface area contributed by atoms with Gasteiger partial charge >= 0.3 is 5.97 Å². The van der Waals surface area contributed by atoms with Gasteiger partial charge < -0.3 is 9.84 Å². The van der Waals surface area contributed by atoms with Crippen LogP contribution >= 0.6 is 11.6 Å². The van der Waals surface area contributed by atoms with E-state index in [9.17, 15) is 4.79 Å². The molecule has 0 unspecified atom stereocenters. The first-order chi connectivity index (χ1) is 9.42. The number of allylic oxidation sites excluding steroid dienone is 1. The largest absolute Gasteiger partial charge is 0.493 e. The zero-order valence-electron chi connectivity index (χ0n) is 12.4. The highest BCUT2D eigenvalue weighted by Gasteiger charge is 2.17. The van der Waals surface area contributed by atoms with Crippen molar-refractivity contribution in [3.05, 3.63) is 33.9 Å². The lowest BCUT2D eigenvalue weighted by Gasteiger charge is -2.18. The summed E-state index contributed by atoms with van der Waals surface area (Å²) in [5, 5.41) is 9.72. The van der Waals surface area contributed by atoms with E-state index in [1.165, 1.54) is 6.08 Å². The molecule has 20 heavy (non-hydrogen) atoms. The number of benzene rings is 1. The fourth-order valence-electron chi connectivity index (χ4n) is 2.28. The SMILES string of the molecule is CCC/C(=C\C(=O)O)c1c(OCC)cc(C)c(Cl)c1C. The molecule has 0 amide bonds. The van der Waals surface area contributed by atoms with Crippen molar-refractivity contribution in [2.75, 3.05) is 6.61 Å². The minimum absolute atomic E-state index is 0.528. The first-order valence-electron chi connectivity index (χ1n) is 6.78. The van der Waals surface area contributed by atoms with E-state index in [1.807, 2.05) is 33.8 Å². The van der Waals surface area contributed by atoms with Crippen LogP contribution in [0.5, 0.6) is 5.75 Å². The molecule has 0 aromatic heterocycles. The van der Waals surface area contributed by atoms with Crippen LogP contribution in [0, 0.1) is 13.8 Å². The van der Waals surface area contributed by atoms with Crippen molar-refractivity contribution in [3.8, 4) is 5.75 Å². The molecule has 0 bridgehead atoms. The van der Waals surface area contributed by atoms with Gasteiger partial charge in [-0.15, -0.1) is 0 Å². The van der Waals surface area contributed by atoms with Crippen LogP contribution in [0.1, 0.15) is 43.4 Å². The van der Waals surface area contributed by atoms with E-state index < -0.39 is 5.97 Å². The fourth-order valence-corrected chi connectivity index (χ4v) is 2.43. The van der Waals surface area contributed by atoms with Crippen molar-refractivity contribution >= 4 is 23.1 Å². The smallest absolute Gasteiger partial charge is 0.328 e. The molecule has 0 spiro atoms. The third-order valence-electron chi connectivity index (χ3n) is 3.08. The van der Waals surface area contributed by atoms with E-state index in [0.717, 1.165) is 28.7 Å². The van der Waals surface area contributed by atoms with Crippen LogP contribution in [0.25, 0.3) is 5.57 Å². The zero-order valence-corrected chi connectivity index (χ0v) is 13.2. The summed E-state index contributed by atoms with van der Waals surface area (Å²) in [7, 11) is 0. The fraction of sp³-hybridized carbons (Fsp3) is 0.438. The number of carboxylic acids is 1. The molecule has 0 saturated carbocycles. The number of aliphatic carboxylic acids is 1. The van der Waals surface area contributed by atoms with Gasteiger partial charge in [-0.1, -0.05) is 24.9 Å². The Labute approximate surface area is 125 Å². The summed E-state index contributed by atoms with van der Waals surface area (Å²) in [6.45, 7) is 8.27. The lowest BCUT2D eigenvalue weighted by atomic mass is 9.94. The van der Waals surface area contributed by atoms with Crippen LogP contribution in [0.4, 0.5) is 0 Å². The maximum atomic E-state index is 11.0. The Morgan fingerprint density at radius 3 is 2.55 bits per heavy atom. The molecule has 0 heterocycles. The molecule has 1 aromatic carbocycles. The van der Waals surface area contributed by atoms with Crippen molar-refractivity contribution in [2.45, 2.75) is 40.5 Å². The maximum Gasteiger partial charge on any atom is 0.328 e. The molecular weight excluding hydrogens is 276 g/mol. The highest BCUT2D eigenvalue weighted by Crippen LogP contribution is 2.38. The van der Waals surface area contributed by atoms with Gasteiger partial charge in [0.1, 0.15) is 5.75 Å². The Morgan fingerprint density at radius 2 is 2.05 bits per heavy atom. The highest BCUT2D eigenvalue weighted by atomic mass is 35.5. The molecule has 3 nitrogen and oxygen atoms in total. The van der Waals surface area contributed by atoms with Crippen molar-refractivity contribution in [1.82, 2.24) is 0 Å². The molecule has 0 aliphatic rings. The summed E-state index contributed by atoms with van der Waals surface area (Å²) in [6, 6.07) is 1.87. The van der Waals surface area contributed by atoms with Crippen LogP contribution < -0.4 is 4.74 Å². The van der Waals surface area contributed by atoms with E-state index in [2.05, 4.69) is 0 Å². The van der Waals surface area contributed by atoms with Crippen LogP contribution in [-0.2, 0) is 4.79 Å². The first kappa shape index (κ1) is 16.6. The molecule has 1 N–H and O–H groups in total. The van der Waals surface area contributed by atoms with Crippen LogP contribution in [0.2, 0.25) is 5.02 Å². The average molecular weight is 297 g/mol. The summed E-state index contributed by atoms with van der Waals surface area (Å²) in [5.74, 6) is -0.250. The quantitative estimate of drug-likeness (QED) is 0.779. The Kier molecular flexibility index (Phi) is 6.08. The average Bonchev–Trinajstić information content (AvgIpc) is 2.36. The second-order valence-corrected chi connectivity index (χ2v) is 5.07. The standard InChI is InChI=1S/C16H21ClO3/c1-5-7-12(9-14(18)19)15-11(4)16(17)10(3)8-13(15)20-6-2/h8-9H,5-7H2,1-4H3,(H,18,19)/b12-9+. The predicted octanol–water partition coefficient (Wildman–Crippen LogP) is 4.62. The summed E-state index contributed by atoms with van der Waals surface area (Å²) >= 11 is 6.31. The molecule has 1 aromatic rings. The number of hydrogen-bond donors (Lipinski definition) is 1. The van der Waals surface area contributed by atoms with Crippen molar-refractivity contribution < 1.29 is 14.6 Å². The van der Waals surface area contributed by atoms with Gasteiger partial charge in [-0.25, -0.2) is 4.79 Å². The molecule has 4 heteroatoms. The molecule has 0 aliphatic heterocycles. The summed E-state index contributed by atoms with van der Waals surface area (Å²) in [4.78, 5) is 11.0. The Hall–Kier alpha value is -1.48. The van der Waals surface area contributed by atoms with E-state index in [0.29, 0.717) is 23.8 Å². The highest BCUT2D eigenvalue weighted by molar-refractivity contribution is 6.32. The third-order valence-corrected chi connectivity index (χ3v) is 3.66. The number of aryl methyl sites for hydroxylation is 1. The molecule has 0 fully saturated rings. The van der Waals surface area contributed by atoms with Crippen molar-refractivity contribution in [3.63, 3.8) is 0 Å². The van der Waals surface area contributed by atoms with Gasteiger partial charge in [-0.2, -0.15) is 0 Å². The van der Waals surface area contributed by atoms with E-state index in [1.54, 1.807) is 0 Å². The van der Waals surface area contributed by atoms with Gasteiger partial charge in [0.05, 0.1) is 6.61 Å². The van der Waals surface area contributed by atoms with E-state index in [4.69, 9.17) is 21.4 Å². The van der Waals surface area contributed by atoms with Crippen molar-refractivity contribution in [2.24, 2.45) is 0 Å². The van der Waals surface area contributed by atoms with Crippen molar-refractivity contribution in [1.29, 1.82) is 0 Å². The Morgan fingerprint density at radius 1 is 1.40 bits per heavy atom. The van der Waals surface area contributed by atoms with Gasteiger partial charge in [0.25, 0.3) is 0 Å². The number of hydrogen-bond acceptors (Lipinski definition) is 2. The molecule has 0 radical (unpaired) electrons. The number of rotatable bonds is 6. The second-order valence-electron chi connectivity index (χ2n) is 4.70. The van der Waals surface area contributed by atoms with Gasteiger partial charge in [-0.05, 0) is 50.0 Å². The number of ether oxygens (including phenoxy) is 1. The zero-order chi connectivity index (χ0) is 15.3. The first-order valence-corrected chi connectivity index (χ1v) is 7.16. The second kappa shape index (κ2) is 7.34. The third kappa shape index (κ3) is 3.76. The molecular formula is C16H21ClO3. The Balaban J connectivity index is 3.53. The lowest BCUT2D eigenvalue weighted by molar-refractivity contribution is -0.131. The van der Waals surface area contributed by atoms with E-state index in [-0.39, 0.29) is 0 Å². The minimum atomic E-state index is -0.952. The van der Waals surface area contributed by atoms with Crippen LogP contribution in [0.3, 0.4) is 0 Å². The lowest BCUT2D eigenvalue weighted by Crippen LogP contribution is -2.02. The van der Waals surface area contributed by atoms with E-state index >= 15 is 0 Å². The number of carbonyl (C=O) groups is 1. The molecule has 0 atom stereocenters. The number of halogens is 1. The van der Waals surface area contributed by atoms with Gasteiger partial charge in [0.15, 0.2) is 0 Å². The van der Waals surface area contributed by atoms with Gasteiger partial charge in [-0.3, -0.25) is 0 Å².